The minimum atomic E-state index is -1.21. The Balaban J connectivity index is 1.56. The molecular weight excluding hydrogens is 292 g/mol. The summed E-state index contributed by atoms with van der Waals surface area (Å²) >= 11 is 0. The fraction of sp³-hybridized carbons (Fsp3) is 0.944. The van der Waals surface area contributed by atoms with Crippen molar-refractivity contribution in [2.75, 3.05) is 32.7 Å². The minimum Gasteiger partial charge on any atom is -0.393 e. The maximum Gasteiger partial charge on any atom is 0.255 e. The minimum absolute atomic E-state index is 0.0551. The fourth-order valence-corrected chi connectivity index (χ4v) is 4.51. The molecule has 3 aliphatic rings. The average Bonchev–Trinajstić information content (AvgIpc) is 2.55. The summed E-state index contributed by atoms with van der Waals surface area (Å²) in [6.07, 6.45) is 9.10. The quantitative estimate of drug-likeness (QED) is 0.820. The van der Waals surface area contributed by atoms with Gasteiger partial charge in [0.15, 0.2) is 5.60 Å². The van der Waals surface area contributed by atoms with Gasteiger partial charge in [0.25, 0.3) is 5.91 Å². The van der Waals surface area contributed by atoms with Gasteiger partial charge >= 0.3 is 0 Å². The molecule has 0 bridgehead atoms. The van der Waals surface area contributed by atoms with Crippen LogP contribution < -0.4 is 0 Å². The maximum atomic E-state index is 12.9. The number of aliphatic hydroxyl groups excluding tert-OH is 1. The van der Waals surface area contributed by atoms with Crippen molar-refractivity contribution in [3.63, 3.8) is 0 Å². The van der Waals surface area contributed by atoms with E-state index in [0.717, 1.165) is 45.4 Å². The molecule has 2 heterocycles. The van der Waals surface area contributed by atoms with Crippen LogP contribution in [0.4, 0.5) is 0 Å². The Morgan fingerprint density at radius 2 is 1.70 bits per heavy atom. The highest BCUT2D eigenvalue weighted by molar-refractivity contribution is 5.86. The highest BCUT2D eigenvalue weighted by Crippen LogP contribution is 2.29. The van der Waals surface area contributed by atoms with Crippen LogP contribution in [0, 0.1) is 5.92 Å². The first-order chi connectivity index (χ1) is 11.1. The molecule has 2 N–H and O–H groups in total. The molecule has 0 aromatic rings. The van der Waals surface area contributed by atoms with E-state index in [-0.39, 0.29) is 12.0 Å². The van der Waals surface area contributed by atoms with Gasteiger partial charge in [0.05, 0.1) is 6.10 Å². The molecule has 0 aromatic carbocycles. The summed E-state index contributed by atoms with van der Waals surface area (Å²) in [5.74, 6) is 0.570. The summed E-state index contributed by atoms with van der Waals surface area (Å²) in [6.45, 7) is 3.62. The Labute approximate surface area is 139 Å². The normalized spacial score (nSPS) is 32.4. The number of nitrogens with zero attached hydrogens (tertiary/aromatic N) is 2. The molecule has 2 saturated heterocycles. The SMILES string of the molecule is O=C1N(CC2CCCCC2)CCCC1(O)CN1CCC(O)CC1. The molecule has 1 amide bonds. The summed E-state index contributed by atoms with van der Waals surface area (Å²) in [5.41, 5.74) is -1.21. The number of hydrogen-bond acceptors (Lipinski definition) is 4. The van der Waals surface area contributed by atoms with E-state index < -0.39 is 5.60 Å². The molecule has 1 aliphatic carbocycles. The topological polar surface area (TPSA) is 64.0 Å². The van der Waals surface area contributed by atoms with Gasteiger partial charge in [-0.1, -0.05) is 19.3 Å². The van der Waals surface area contributed by atoms with Gasteiger partial charge in [0.1, 0.15) is 0 Å². The molecule has 1 unspecified atom stereocenters. The van der Waals surface area contributed by atoms with Gasteiger partial charge in [-0.05, 0) is 44.4 Å². The van der Waals surface area contributed by atoms with Gasteiger partial charge in [-0.15, -0.1) is 0 Å². The van der Waals surface area contributed by atoms with Crippen molar-refractivity contribution in [3.8, 4) is 0 Å². The highest BCUT2D eigenvalue weighted by atomic mass is 16.3. The number of aliphatic hydroxyl groups is 2. The summed E-state index contributed by atoms with van der Waals surface area (Å²) in [7, 11) is 0. The van der Waals surface area contributed by atoms with Crippen LogP contribution >= 0.6 is 0 Å². The Bertz CT molecular complexity index is 403. The Hall–Kier alpha value is -0.650. The van der Waals surface area contributed by atoms with Crippen LogP contribution in [0.25, 0.3) is 0 Å². The zero-order chi connectivity index (χ0) is 16.3. The summed E-state index contributed by atoms with van der Waals surface area (Å²) in [4.78, 5) is 16.9. The van der Waals surface area contributed by atoms with Crippen LogP contribution in [0.3, 0.4) is 0 Å². The van der Waals surface area contributed by atoms with Crippen LogP contribution in [-0.2, 0) is 4.79 Å². The van der Waals surface area contributed by atoms with E-state index >= 15 is 0 Å². The van der Waals surface area contributed by atoms with Crippen molar-refractivity contribution in [2.45, 2.75) is 69.5 Å². The largest absolute Gasteiger partial charge is 0.393 e. The second-order valence-corrected chi connectivity index (χ2v) is 7.90. The highest BCUT2D eigenvalue weighted by Gasteiger charge is 2.44. The predicted molar refractivity (Wildman–Crippen MR) is 89.0 cm³/mol. The molecular formula is C18H32N2O3. The van der Waals surface area contributed by atoms with Crippen LogP contribution in [-0.4, -0.2) is 70.3 Å². The first-order valence-corrected chi connectivity index (χ1v) is 9.49. The molecule has 2 aliphatic heterocycles. The summed E-state index contributed by atoms with van der Waals surface area (Å²) < 4.78 is 0. The predicted octanol–water partition coefficient (Wildman–Crippen LogP) is 1.38. The Kier molecular flexibility index (Phi) is 5.60. The van der Waals surface area contributed by atoms with E-state index in [1.165, 1.54) is 32.1 Å². The maximum absolute atomic E-state index is 12.9. The van der Waals surface area contributed by atoms with Crippen LogP contribution in [0.5, 0.6) is 0 Å². The lowest BCUT2D eigenvalue weighted by atomic mass is 9.86. The molecule has 3 fully saturated rings. The van der Waals surface area contributed by atoms with Crippen LogP contribution in [0.2, 0.25) is 0 Å². The van der Waals surface area contributed by atoms with Crippen LogP contribution in [0.15, 0.2) is 0 Å². The monoisotopic (exact) mass is 324 g/mol. The Morgan fingerprint density at radius 1 is 1.00 bits per heavy atom. The van der Waals surface area contributed by atoms with E-state index in [2.05, 4.69) is 4.90 Å². The van der Waals surface area contributed by atoms with Gasteiger partial charge in [-0.25, -0.2) is 0 Å². The third kappa shape index (κ3) is 4.25. The zero-order valence-corrected chi connectivity index (χ0v) is 14.3. The second kappa shape index (κ2) is 7.49. The zero-order valence-electron chi connectivity index (χ0n) is 14.3. The molecule has 5 nitrogen and oxygen atoms in total. The lowest BCUT2D eigenvalue weighted by Gasteiger charge is -2.43. The molecule has 132 valence electrons. The summed E-state index contributed by atoms with van der Waals surface area (Å²) in [6, 6.07) is 0. The molecule has 0 aromatic heterocycles. The first-order valence-electron chi connectivity index (χ1n) is 9.49. The lowest BCUT2D eigenvalue weighted by molar-refractivity contribution is -0.161. The first kappa shape index (κ1) is 17.2. The number of amides is 1. The van der Waals surface area contributed by atoms with E-state index in [1.807, 2.05) is 4.90 Å². The Morgan fingerprint density at radius 3 is 2.39 bits per heavy atom. The van der Waals surface area contributed by atoms with E-state index in [4.69, 9.17) is 0 Å². The number of hydrogen-bond donors (Lipinski definition) is 2. The summed E-state index contributed by atoms with van der Waals surface area (Å²) in [5, 5.41) is 20.6. The smallest absolute Gasteiger partial charge is 0.255 e. The second-order valence-electron chi connectivity index (χ2n) is 7.90. The molecule has 0 radical (unpaired) electrons. The fourth-order valence-electron chi connectivity index (χ4n) is 4.51. The van der Waals surface area contributed by atoms with Gasteiger partial charge < -0.3 is 15.1 Å². The number of carbonyl (C=O) groups is 1. The molecule has 1 atom stereocenters. The molecule has 5 heteroatoms. The third-order valence-corrected chi connectivity index (χ3v) is 5.95. The van der Waals surface area contributed by atoms with E-state index in [0.29, 0.717) is 18.9 Å². The van der Waals surface area contributed by atoms with Crippen molar-refractivity contribution in [1.82, 2.24) is 9.80 Å². The van der Waals surface area contributed by atoms with Crippen molar-refractivity contribution >= 4 is 5.91 Å². The number of carbonyl (C=O) groups excluding carboxylic acids is 1. The molecule has 0 spiro atoms. The van der Waals surface area contributed by atoms with Crippen molar-refractivity contribution < 1.29 is 15.0 Å². The van der Waals surface area contributed by atoms with Crippen molar-refractivity contribution in [1.29, 1.82) is 0 Å². The van der Waals surface area contributed by atoms with Gasteiger partial charge in [-0.3, -0.25) is 9.69 Å². The number of likely N-dealkylation sites (tertiary alicyclic amines) is 2. The number of piperidine rings is 2. The average molecular weight is 324 g/mol. The van der Waals surface area contributed by atoms with Gasteiger partial charge in [-0.2, -0.15) is 0 Å². The van der Waals surface area contributed by atoms with Crippen molar-refractivity contribution in [3.05, 3.63) is 0 Å². The van der Waals surface area contributed by atoms with Gasteiger partial charge in [0.2, 0.25) is 0 Å². The molecule has 1 saturated carbocycles. The standard InChI is InChI=1S/C18H32N2O3/c21-16-7-11-19(12-8-16)14-18(23)9-4-10-20(17(18)22)13-15-5-2-1-3-6-15/h15-16,21,23H,1-14H2. The third-order valence-electron chi connectivity index (χ3n) is 5.95. The number of rotatable bonds is 4. The van der Waals surface area contributed by atoms with Crippen LogP contribution in [0.1, 0.15) is 57.8 Å². The van der Waals surface area contributed by atoms with E-state index in [9.17, 15) is 15.0 Å². The molecule has 3 rings (SSSR count). The van der Waals surface area contributed by atoms with E-state index in [1.54, 1.807) is 0 Å². The lowest BCUT2D eigenvalue weighted by Crippen LogP contribution is -2.60. The number of β-amino-alcohol motifs (C(OH)–C–C–N with tert-alkyl or cyclic N) is 1. The molecule has 23 heavy (non-hydrogen) atoms. The van der Waals surface area contributed by atoms with Crippen molar-refractivity contribution in [2.24, 2.45) is 5.92 Å². The van der Waals surface area contributed by atoms with Gasteiger partial charge in [0, 0.05) is 32.7 Å².